The van der Waals surface area contributed by atoms with E-state index in [1.807, 2.05) is 0 Å². The molecule has 1 saturated heterocycles. The minimum Gasteiger partial charge on any atom is -0.311 e. The van der Waals surface area contributed by atoms with Gasteiger partial charge >= 0.3 is 0 Å². The third-order valence-corrected chi connectivity index (χ3v) is 4.41. The zero-order valence-corrected chi connectivity index (χ0v) is 11.0. The molecule has 0 aromatic rings. The van der Waals surface area contributed by atoms with Gasteiger partial charge in [-0.25, -0.2) is 0 Å². The minimum absolute atomic E-state index is 0.777. The van der Waals surface area contributed by atoms with Crippen molar-refractivity contribution in [3.8, 4) is 0 Å². The lowest BCUT2D eigenvalue weighted by Crippen LogP contribution is -2.50. The van der Waals surface area contributed by atoms with Crippen LogP contribution in [0.3, 0.4) is 0 Å². The summed E-state index contributed by atoms with van der Waals surface area (Å²) >= 11 is 0. The summed E-state index contributed by atoms with van der Waals surface area (Å²) < 4.78 is 0. The second kappa shape index (κ2) is 6.02. The van der Waals surface area contributed by atoms with Crippen LogP contribution in [0.5, 0.6) is 0 Å². The molecule has 2 unspecified atom stereocenters. The lowest BCUT2D eigenvalue weighted by Gasteiger charge is -2.37. The molecular formula is C14H28N2. The first-order valence-electron chi connectivity index (χ1n) is 7.20. The van der Waals surface area contributed by atoms with Crippen LogP contribution >= 0.6 is 0 Å². The predicted molar refractivity (Wildman–Crippen MR) is 69.7 cm³/mol. The number of nitrogens with zero attached hydrogens (tertiary/aromatic N) is 1. The molecule has 0 radical (unpaired) electrons. The lowest BCUT2D eigenvalue weighted by atomic mass is 9.92. The normalized spacial score (nSPS) is 34.9. The first kappa shape index (κ1) is 12.4. The predicted octanol–water partition coefficient (Wildman–Crippen LogP) is 2.64. The van der Waals surface area contributed by atoms with Crippen molar-refractivity contribution in [3.63, 3.8) is 0 Å². The highest BCUT2D eigenvalue weighted by Gasteiger charge is 2.26. The maximum absolute atomic E-state index is 3.94. The third-order valence-electron chi connectivity index (χ3n) is 4.41. The highest BCUT2D eigenvalue weighted by atomic mass is 15.1. The highest BCUT2D eigenvalue weighted by Crippen LogP contribution is 2.21. The topological polar surface area (TPSA) is 15.3 Å². The Morgan fingerprint density at radius 2 is 1.69 bits per heavy atom. The van der Waals surface area contributed by atoms with Gasteiger partial charge in [0.1, 0.15) is 0 Å². The van der Waals surface area contributed by atoms with E-state index in [4.69, 9.17) is 0 Å². The van der Waals surface area contributed by atoms with Crippen molar-refractivity contribution in [1.29, 1.82) is 0 Å². The van der Waals surface area contributed by atoms with E-state index in [9.17, 15) is 0 Å². The van der Waals surface area contributed by atoms with Gasteiger partial charge in [0.25, 0.3) is 0 Å². The number of likely N-dealkylation sites (tertiary alicyclic amines) is 1. The van der Waals surface area contributed by atoms with Gasteiger partial charge in [-0.1, -0.05) is 32.6 Å². The van der Waals surface area contributed by atoms with E-state index in [2.05, 4.69) is 24.2 Å². The Hall–Kier alpha value is -0.0800. The van der Waals surface area contributed by atoms with Crippen molar-refractivity contribution in [1.82, 2.24) is 10.2 Å². The first-order chi connectivity index (χ1) is 7.75. The Kier molecular flexibility index (Phi) is 4.66. The summed E-state index contributed by atoms with van der Waals surface area (Å²) in [5, 5.41) is 3.94. The molecule has 0 amide bonds. The fourth-order valence-corrected chi connectivity index (χ4v) is 3.35. The molecule has 2 heteroatoms. The number of nitrogens with one attached hydrogen (secondary N) is 1. The molecule has 2 atom stereocenters. The van der Waals surface area contributed by atoms with E-state index < -0.39 is 0 Å². The zero-order chi connectivity index (χ0) is 11.4. The van der Waals surface area contributed by atoms with E-state index in [1.165, 1.54) is 58.0 Å². The van der Waals surface area contributed by atoms with Crippen LogP contribution < -0.4 is 5.32 Å². The first-order valence-corrected chi connectivity index (χ1v) is 7.20. The molecule has 2 fully saturated rings. The van der Waals surface area contributed by atoms with Crippen LogP contribution in [0.4, 0.5) is 0 Å². The fraction of sp³-hybridized carbons (Fsp3) is 1.00. The maximum atomic E-state index is 3.94. The van der Waals surface area contributed by atoms with Gasteiger partial charge in [0.15, 0.2) is 0 Å². The molecule has 1 aliphatic carbocycles. The minimum atomic E-state index is 0.777. The molecule has 94 valence electrons. The van der Waals surface area contributed by atoms with E-state index in [0.29, 0.717) is 0 Å². The van der Waals surface area contributed by atoms with Crippen molar-refractivity contribution in [2.24, 2.45) is 5.92 Å². The number of rotatable bonds is 2. The van der Waals surface area contributed by atoms with Gasteiger partial charge in [-0.3, -0.25) is 0 Å². The highest BCUT2D eigenvalue weighted by molar-refractivity contribution is 4.85. The molecule has 1 N–H and O–H groups in total. The number of piperidine rings is 1. The summed E-state index contributed by atoms with van der Waals surface area (Å²) in [6.45, 7) is 4.95. The monoisotopic (exact) mass is 224 g/mol. The number of hydrogen-bond donors (Lipinski definition) is 1. The van der Waals surface area contributed by atoms with Gasteiger partial charge in [-0.15, -0.1) is 0 Å². The standard InChI is InChI=1S/C14H28N2/c1-12-11-16(2)10-9-14(12)15-13-7-5-3-4-6-8-13/h12-15H,3-11H2,1-2H3. The molecule has 1 heterocycles. The summed E-state index contributed by atoms with van der Waals surface area (Å²) in [5.74, 6) is 0.821. The van der Waals surface area contributed by atoms with Crippen LogP contribution in [0.25, 0.3) is 0 Å². The summed E-state index contributed by atoms with van der Waals surface area (Å²) in [4.78, 5) is 2.47. The fourth-order valence-electron chi connectivity index (χ4n) is 3.35. The lowest BCUT2D eigenvalue weighted by molar-refractivity contribution is 0.163. The third kappa shape index (κ3) is 3.46. The molecular weight excluding hydrogens is 196 g/mol. The van der Waals surface area contributed by atoms with Crippen LogP contribution in [-0.4, -0.2) is 37.1 Å². The molecule has 0 aromatic carbocycles. The second-order valence-corrected chi connectivity index (χ2v) is 5.99. The van der Waals surface area contributed by atoms with Crippen molar-refractivity contribution in [3.05, 3.63) is 0 Å². The molecule has 0 aromatic heterocycles. The van der Waals surface area contributed by atoms with Gasteiger partial charge in [-0.05, 0) is 38.8 Å². The van der Waals surface area contributed by atoms with Gasteiger partial charge in [0.2, 0.25) is 0 Å². The van der Waals surface area contributed by atoms with Crippen molar-refractivity contribution >= 4 is 0 Å². The Morgan fingerprint density at radius 1 is 1.00 bits per heavy atom. The molecule has 16 heavy (non-hydrogen) atoms. The molecule has 2 aliphatic rings. The second-order valence-electron chi connectivity index (χ2n) is 5.99. The smallest absolute Gasteiger partial charge is 0.0120 e. The Balaban J connectivity index is 1.79. The zero-order valence-electron chi connectivity index (χ0n) is 11.0. The van der Waals surface area contributed by atoms with Crippen LogP contribution in [0, 0.1) is 5.92 Å². The van der Waals surface area contributed by atoms with Gasteiger partial charge in [0, 0.05) is 18.6 Å². The van der Waals surface area contributed by atoms with E-state index in [1.54, 1.807) is 0 Å². The Morgan fingerprint density at radius 3 is 2.31 bits per heavy atom. The molecule has 2 rings (SSSR count). The van der Waals surface area contributed by atoms with Crippen LogP contribution in [0.1, 0.15) is 51.9 Å². The largest absolute Gasteiger partial charge is 0.311 e. The average molecular weight is 224 g/mol. The van der Waals surface area contributed by atoms with Gasteiger partial charge in [-0.2, -0.15) is 0 Å². The molecule has 0 bridgehead atoms. The van der Waals surface area contributed by atoms with Crippen molar-refractivity contribution in [2.75, 3.05) is 20.1 Å². The molecule has 1 aliphatic heterocycles. The van der Waals surface area contributed by atoms with Crippen molar-refractivity contribution < 1.29 is 0 Å². The van der Waals surface area contributed by atoms with Gasteiger partial charge in [0.05, 0.1) is 0 Å². The average Bonchev–Trinajstić information content (AvgIpc) is 2.51. The van der Waals surface area contributed by atoms with Crippen LogP contribution in [-0.2, 0) is 0 Å². The number of hydrogen-bond acceptors (Lipinski definition) is 2. The Labute approximate surface area is 101 Å². The molecule has 0 spiro atoms. The SMILES string of the molecule is CC1CN(C)CCC1NC1CCCCCC1. The Bertz CT molecular complexity index is 197. The summed E-state index contributed by atoms with van der Waals surface area (Å²) in [5.41, 5.74) is 0. The van der Waals surface area contributed by atoms with E-state index in [0.717, 1.165) is 18.0 Å². The quantitative estimate of drug-likeness (QED) is 0.725. The summed E-state index contributed by atoms with van der Waals surface area (Å²) in [6, 6.07) is 1.60. The maximum Gasteiger partial charge on any atom is 0.0120 e. The van der Waals surface area contributed by atoms with Crippen LogP contribution in [0.2, 0.25) is 0 Å². The van der Waals surface area contributed by atoms with Gasteiger partial charge < -0.3 is 10.2 Å². The van der Waals surface area contributed by atoms with E-state index in [-0.39, 0.29) is 0 Å². The molecule has 2 nitrogen and oxygen atoms in total. The van der Waals surface area contributed by atoms with E-state index >= 15 is 0 Å². The summed E-state index contributed by atoms with van der Waals surface area (Å²) in [7, 11) is 2.25. The van der Waals surface area contributed by atoms with Crippen LogP contribution in [0.15, 0.2) is 0 Å². The molecule has 1 saturated carbocycles. The van der Waals surface area contributed by atoms with Crippen molar-refractivity contribution in [2.45, 2.75) is 64.0 Å². The summed E-state index contributed by atoms with van der Waals surface area (Å²) in [6.07, 6.45) is 9.98.